The van der Waals surface area contributed by atoms with Crippen LogP contribution in [0, 0.1) is 41.5 Å². The smallest absolute Gasteiger partial charge is 0.248 e. The van der Waals surface area contributed by atoms with Gasteiger partial charge in [-0.25, -0.2) is 0 Å². The number of hydrogen-bond acceptors (Lipinski definition) is 2. The molecule has 0 aliphatic carbocycles. The summed E-state index contributed by atoms with van der Waals surface area (Å²) < 4.78 is 5.54. The minimum Gasteiger partial charge on any atom is -0.496 e. The van der Waals surface area contributed by atoms with E-state index in [1.807, 2.05) is 40.7 Å². The Hall–Kier alpha value is -3.07. The Kier molecular flexibility index (Phi) is 8.26. The Bertz CT molecular complexity index is 1080. The topological polar surface area (TPSA) is 38.3 Å². The standard InChI is InChI=1S/C29H37NO2/c1-17(11-12-20(4)21(5)26-14-18(2)13-19(3)15-26)16-27(31)30-28-22(6)24(8)29(32-10)25(9)23(28)7/h11-16H,1-10H3,(H,30,31)/b12-11+,17-16+,21-20-. The lowest BCUT2D eigenvalue weighted by molar-refractivity contribution is -0.111. The Balaban J connectivity index is 2.23. The van der Waals surface area contributed by atoms with Gasteiger partial charge in [-0.05, 0) is 107 Å². The predicted octanol–water partition coefficient (Wildman–Crippen LogP) is 7.48. The Morgan fingerprint density at radius 2 is 1.34 bits per heavy atom. The van der Waals surface area contributed by atoms with E-state index in [-0.39, 0.29) is 5.91 Å². The fourth-order valence-corrected chi connectivity index (χ4v) is 3.99. The zero-order valence-corrected chi connectivity index (χ0v) is 21.3. The fourth-order valence-electron chi connectivity index (χ4n) is 3.99. The maximum Gasteiger partial charge on any atom is 0.248 e. The van der Waals surface area contributed by atoms with Gasteiger partial charge in [0, 0.05) is 11.8 Å². The number of nitrogens with one attached hydrogen (secondary N) is 1. The lowest BCUT2D eigenvalue weighted by Crippen LogP contribution is -2.13. The van der Waals surface area contributed by atoms with Crippen LogP contribution in [0.25, 0.3) is 5.57 Å². The quantitative estimate of drug-likeness (QED) is 0.380. The molecule has 0 heterocycles. The van der Waals surface area contributed by atoms with Crippen LogP contribution in [-0.4, -0.2) is 13.0 Å². The molecule has 2 aromatic carbocycles. The van der Waals surface area contributed by atoms with E-state index in [9.17, 15) is 4.79 Å². The molecular formula is C29H37NO2. The zero-order valence-electron chi connectivity index (χ0n) is 21.3. The molecule has 0 saturated heterocycles. The summed E-state index contributed by atoms with van der Waals surface area (Å²) >= 11 is 0. The first-order valence-corrected chi connectivity index (χ1v) is 11.0. The molecule has 2 rings (SSSR count). The average Bonchev–Trinajstić information content (AvgIpc) is 2.72. The minimum absolute atomic E-state index is 0.130. The molecule has 3 nitrogen and oxygen atoms in total. The number of allylic oxidation sites excluding steroid dienone is 5. The van der Waals surface area contributed by atoms with Crippen LogP contribution in [0.5, 0.6) is 5.75 Å². The number of ether oxygens (including phenoxy) is 1. The molecule has 0 unspecified atom stereocenters. The molecule has 2 aromatic rings. The van der Waals surface area contributed by atoms with Crippen molar-refractivity contribution in [1.29, 1.82) is 0 Å². The number of rotatable bonds is 6. The Morgan fingerprint density at radius 1 is 0.812 bits per heavy atom. The number of aryl methyl sites for hydroxylation is 2. The van der Waals surface area contributed by atoms with Gasteiger partial charge in [0.2, 0.25) is 5.91 Å². The summed E-state index contributed by atoms with van der Waals surface area (Å²) in [5.74, 6) is 0.754. The molecule has 3 heteroatoms. The van der Waals surface area contributed by atoms with Crippen molar-refractivity contribution in [1.82, 2.24) is 0 Å². The maximum atomic E-state index is 12.7. The number of benzene rings is 2. The van der Waals surface area contributed by atoms with Crippen molar-refractivity contribution in [2.75, 3.05) is 12.4 Å². The average molecular weight is 432 g/mol. The van der Waals surface area contributed by atoms with Crippen molar-refractivity contribution in [2.45, 2.75) is 62.3 Å². The summed E-state index contributed by atoms with van der Waals surface area (Å²) in [6.07, 6.45) is 5.71. The number of methoxy groups -OCH3 is 1. The SMILES string of the molecule is COc1c(C)c(C)c(NC(=O)/C=C(C)/C=C/C(C)=C(/C)c2cc(C)cc(C)c2)c(C)c1C. The third-order valence-corrected chi connectivity index (χ3v) is 6.21. The van der Waals surface area contributed by atoms with E-state index in [1.54, 1.807) is 13.2 Å². The first-order valence-electron chi connectivity index (χ1n) is 11.0. The van der Waals surface area contributed by atoms with Crippen molar-refractivity contribution in [3.8, 4) is 5.75 Å². The summed E-state index contributed by atoms with van der Waals surface area (Å²) in [6.45, 7) is 18.5. The highest BCUT2D eigenvalue weighted by molar-refractivity contribution is 6.01. The molecule has 1 amide bonds. The molecule has 0 saturated carbocycles. The van der Waals surface area contributed by atoms with E-state index in [4.69, 9.17) is 4.74 Å². The van der Waals surface area contributed by atoms with Crippen LogP contribution >= 0.6 is 0 Å². The van der Waals surface area contributed by atoms with Gasteiger partial charge in [0.25, 0.3) is 0 Å². The zero-order chi connectivity index (χ0) is 24.2. The summed E-state index contributed by atoms with van der Waals surface area (Å²) in [4.78, 5) is 12.7. The third-order valence-electron chi connectivity index (χ3n) is 6.21. The van der Waals surface area contributed by atoms with Crippen LogP contribution in [0.3, 0.4) is 0 Å². The second-order valence-electron chi connectivity index (χ2n) is 8.80. The van der Waals surface area contributed by atoms with Gasteiger partial charge >= 0.3 is 0 Å². The molecule has 170 valence electrons. The maximum absolute atomic E-state index is 12.7. The Morgan fingerprint density at radius 3 is 1.84 bits per heavy atom. The summed E-state index contributed by atoms with van der Waals surface area (Å²) in [6, 6.07) is 6.60. The molecule has 1 N–H and O–H groups in total. The lowest BCUT2D eigenvalue weighted by atomic mass is 9.97. The lowest BCUT2D eigenvalue weighted by Gasteiger charge is -2.19. The van der Waals surface area contributed by atoms with Crippen molar-refractivity contribution < 1.29 is 9.53 Å². The molecule has 0 aliphatic rings. The van der Waals surface area contributed by atoms with Crippen LogP contribution in [0.1, 0.15) is 59.7 Å². The fraction of sp³-hybridized carbons (Fsp3) is 0.345. The molecule has 32 heavy (non-hydrogen) atoms. The molecule has 0 aromatic heterocycles. The highest BCUT2D eigenvalue weighted by Gasteiger charge is 2.16. The molecule has 0 aliphatic heterocycles. The van der Waals surface area contributed by atoms with Crippen LogP contribution in [0.2, 0.25) is 0 Å². The number of amides is 1. The monoisotopic (exact) mass is 431 g/mol. The molecule has 0 spiro atoms. The molecule has 0 atom stereocenters. The van der Waals surface area contributed by atoms with Gasteiger partial charge in [0.05, 0.1) is 7.11 Å². The molecular weight excluding hydrogens is 394 g/mol. The molecule has 0 fully saturated rings. The number of anilines is 1. The second kappa shape index (κ2) is 10.5. The van der Waals surface area contributed by atoms with Crippen LogP contribution < -0.4 is 10.1 Å². The van der Waals surface area contributed by atoms with Crippen LogP contribution in [0.15, 0.2) is 47.6 Å². The normalized spacial score (nSPS) is 12.8. The van der Waals surface area contributed by atoms with Gasteiger partial charge in [-0.1, -0.05) is 41.5 Å². The van der Waals surface area contributed by atoms with Gasteiger partial charge < -0.3 is 10.1 Å². The first kappa shape index (κ1) is 25.2. The second-order valence-corrected chi connectivity index (χ2v) is 8.80. The van der Waals surface area contributed by atoms with Crippen molar-refractivity contribution >= 4 is 17.2 Å². The Labute approximate surface area is 193 Å². The van der Waals surface area contributed by atoms with Gasteiger partial charge in [-0.15, -0.1) is 0 Å². The van der Waals surface area contributed by atoms with E-state index in [0.717, 1.165) is 39.3 Å². The number of carbonyl (C=O) groups excluding carboxylic acids is 1. The third kappa shape index (κ3) is 5.79. The number of hydrogen-bond donors (Lipinski definition) is 1. The van der Waals surface area contributed by atoms with E-state index >= 15 is 0 Å². The van der Waals surface area contributed by atoms with Gasteiger partial charge in [0.15, 0.2) is 0 Å². The summed E-state index contributed by atoms with van der Waals surface area (Å²) in [7, 11) is 1.68. The van der Waals surface area contributed by atoms with E-state index in [1.165, 1.54) is 27.8 Å². The summed E-state index contributed by atoms with van der Waals surface area (Å²) in [5.41, 5.74) is 12.1. The van der Waals surface area contributed by atoms with E-state index in [0.29, 0.717) is 0 Å². The van der Waals surface area contributed by atoms with E-state index in [2.05, 4.69) is 57.3 Å². The van der Waals surface area contributed by atoms with Crippen molar-refractivity contribution in [3.63, 3.8) is 0 Å². The van der Waals surface area contributed by atoms with Crippen molar-refractivity contribution in [3.05, 3.63) is 86.5 Å². The van der Waals surface area contributed by atoms with Gasteiger partial charge in [0.1, 0.15) is 5.75 Å². The minimum atomic E-state index is -0.130. The van der Waals surface area contributed by atoms with Crippen LogP contribution in [-0.2, 0) is 4.79 Å². The van der Waals surface area contributed by atoms with Crippen LogP contribution in [0.4, 0.5) is 5.69 Å². The van der Waals surface area contributed by atoms with Crippen molar-refractivity contribution in [2.24, 2.45) is 0 Å². The highest BCUT2D eigenvalue weighted by Crippen LogP contribution is 2.35. The predicted molar refractivity (Wildman–Crippen MR) is 138 cm³/mol. The molecule has 0 bridgehead atoms. The first-order chi connectivity index (χ1) is 15.0. The summed E-state index contributed by atoms with van der Waals surface area (Å²) in [5, 5.41) is 3.07. The van der Waals surface area contributed by atoms with Gasteiger partial charge in [-0.3, -0.25) is 4.79 Å². The molecule has 0 radical (unpaired) electrons. The number of carbonyl (C=O) groups is 1. The van der Waals surface area contributed by atoms with E-state index < -0.39 is 0 Å². The largest absolute Gasteiger partial charge is 0.496 e. The highest BCUT2D eigenvalue weighted by atomic mass is 16.5. The van der Waals surface area contributed by atoms with Gasteiger partial charge in [-0.2, -0.15) is 0 Å².